The fraction of sp³-hybridized carbons (Fsp3) is 0.308. The van der Waals surface area contributed by atoms with Crippen LogP contribution in [0, 0.1) is 0 Å². The summed E-state index contributed by atoms with van der Waals surface area (Å²) in [5, 5.41) is 8.68. The van der Waals surface area contributed by atoms with E-state index in [2.05, 4.69) is 0 Å². The van der Waals surface area contributed by atoms with Crippen molar-refractivity contribution < 1.29 is 14.6 Å². The van der Waals surface area contributed by atoms with Gasteiger partial charge in [-0.2, -0.15) is 0 Å². The minimum Gasteiger partial charge on any atom is -0.490 e. The zero-order valence-corrected chi connectivity index (χ0v) is 9.51. The van der Waals surface area contributed by atoms with Gasteiger partial charge in [-0.15, -0.1) is 0 Å². The Morgan fingerprint density at radius 2 is 2.06 bits per heavy atom. The second kappa shape index (κ2) is 5.95. The second-order valence-corrected chi connectivity index (χ2v) is 3.67. The third-order valence-electron chi connectivity index (χ3n) is 2.17. The van der Waals surface area contributed by atoms with E-state index in [9.17, 15) is 4.79 Å². The lowest BCUT2D eigenvalue weighted by atomic mass is 10.2. The number of hydrogen-bond acceptors (Lipinski definition) is 2. The first-order valence-corrected chi connectivity index (χ1v) is 5.21. The van der Waals surface area contributed by atoms with E-state index < -0.39 is 5.97 Å². The molecule has 0 radical (unpaired) electrons. The molecule has 86 valence electrons. The molecule has 0 spiro atoms. The van der Waals surface area contributed by atoms with Gasteiger partial charge in [0.1, 0.15) is 5.75 Å². The van der Waals surface area contributed by atoms with Crippen LogP contribution in [0.25, 0.3) is 0 Å². The summed E-state index contributed by atoms with van der Waals surface area (Å²) in [5.74, 6) is -0.0803. The molecule has 16 heavy (non-hydrogen) atoms. The predicted octanol–water partition coefficient (Wildman–Crippen LogP) is 2.87. The number of hydrogen-bond donors (Lipinski definition) is 1. The molecule has 0 aliphatic rings. The van der Waals surface area contributed by atoms with Crippen molar-refractivity contribution in [3.63, 3.8) is 0 Å². The Morgan fingerprint density at radius 1 is 1.44 bits per heavy atom. The van der Waals surface area contributed by atoms with E-state index in [0.29, 0.717) is 12.0 Å². The summed E-state index contributed by atoms with van der Waals surface area (Å²) < 4.78 is 5.61. The maximum absolute atomic E-state index is 10.6. The molecule has 0 aromatic heterocycles. The fourth-order valence-electron chi connectivity index (χ4n) is 1.21. The molecule has 1 atom stereocenters. The first-order valence-electron chi connectivity index (χ1n) is 5.21. The first kappa shape index (κ1) is 12.3. The van der Waals surface area contributed by atoms with E-state index in [0.717, 1.165) is 5.75 Å². The standard InChI is InChI=1S/C13H16O3/c1-10(13(14)15)8-9-11(2)16-12-6-4-3-5-7-12/h3-8,11H,9H2,1-2H3,(H,14,15). The molecular weight excluding hydrogens is 204 g/mol. The summed E-state index contributed by atoms with van der Waals surface area (Å²) in [5.41, 5.74) is 0.350. The zero-order chi connectivity index (χ0) is 12.0. The zero-order valence-electron chi connectivity index (χ0n) is 9.51. The van der Waals surface area contributed by atoms with E-state index in [1.54, 1.807) is 13.0 Å². The summed E-state index contributed by atoms with van der Waals surface area (Å²) in [6.07, 6.45) is 2.24. The van der Waals surface area contributed by atoms with Crippen molar-refractivity contribution in [1.29, 1.82) is 0 Å². The van der Waals surface area contributed by atoms with Crippen molar-refractivity contribution in [2.75, 3.05) is 0 Å². The van der Waals surface area contributed by atoms with Crippen molar-refractivity contribution in [2.24, 2.45) is 0 Å². The average molecular weight is 220 g/mol. The van der Waals surface area contributed by atoms with Crippen molar-refractivity contribution >= 4 is 5.97 Å². The Labute approximate surface area is 95.4 Å². The average Bonchev–Trinajstić information content (AvgIpc) is 2.27. The van der Waals surface area contributed by atoms with Gasteiger partial charge in [0.2, 0.25) is 0 Å². The third kappa shape index (κ3) is 4.17. The summed E-state index contributed by atoms with van der Waals surface area (Å²) in [4.78, 5) is 10.6. The van der Waals surface area contributed by atoms with E-state index in [1.807, 2.05) is 37.3 Å². The molecule has 0 saturated carbocycles. The van der Waals surface area contributed by atoms with Crippen LogP contribution in [0.5, 0.6) is 5.75 Å². The maximum Gasteiger partial charge on any atom is 0.330 e. The van der Waals surface area contributed by atoms with Crippen molar-refractivity contribution in [1.82, 2.24) is 0 Å². The van der Waals surface area contributed by atoms with Crippen LogP contribution in [0.15, 0.2) is 42.0 Å². The summed E-state index contributed by atoms with van der Waals surface area (Å²) >= 11 is 0. The van der Waals surface area contributed by atoms with Crippen LogP contribution in [0.1, 0.15) is 20.3 Å². The SMILES string of the molecule is CC(=CCC(C)Oc1ccccc1)C(=O)O. The van der Waals surface area contributed by atoms with E-state index in [-0.39, 0.29) is 6.10 Å². The van der Waals surface area contributed by atoms with Gasteiger partial charge in [0, 0.05) is 12.0 Å². The van der Waals surface area contributed by atoms with E-state index in [1.165, 1.54) is 0 Å². The van der Waals surface area contributed by atoms with Crippen LogP contribution in [0.3, 0.4) is 0 Å². The van der Waals surface area contributed by atoms with Crippen molar-refractivity contribution in [2.45, 2.75) is 26.4 Å². The molecule has 1 rings (SSSR count). The van der Waals surface area contributed by atoms with Crippen molar-refractivity contribution in [3.8, 4) is 5.75 Å². The Hall–Kier alpha value is -1.77. The molecule has 0 bridgehead atoms. The number of aliphatic carboxylic acids is 1. The number of rotatable bonds is 5. The van der Waals surface area contributed by atoms with Crippen LogP contribution in [-0.4, -0.2) is 17.2 Å². The molecule has 1 unspecified atom stereocenters. The summed E-state index contributed by atoms with van der Waals surface area (Å²) in [6, 6.07) is 9.49. The highest BCUT2D eigenvalue weighted by Gasteiger charge is 2.04. The summed E-state index contributed by atoms with van der Waals surface area (Å²) in [7, 11) is 0. The molecule has 0 amide bonds. The molecule has 3 heteroatoms. The maximum atomic E-state index is 10.6. The minimum atomic E-state index is -0.882. The van der Waals surface area contributed by atoms with Gasteiger partial charge in [-0.05, 0) is 26.0 Å². The van der Waals surface area contributed by atoms with Crippen LogP contribution in [-0.2, 0) is 4.79 Å². The van der Waals surface area contributed by atoms with Gasteiger partial charge < -0.3 is 9.84 Å². The molecule has 0 saturated heterocycles. The number of para-hydroxylation sites is 1. The number of carboxylic acids is 1. The lowest BCUT2D eigenvalue weighted by Crippen LogP contribution is -2.11. The van der Waals surface area contributed by atoms with Gasteiger partial charge in [0.05, 0.1) is 6.10 Å². The van der Waals surface area contributed by atoms with Crippen LogP contribution < -0.4 is 4.74 Å². The molecule has 3 nitrogen and oxygen atoms in total. The van der Waals surface area contributed by atoms with Gasteiger partial charge >= 0.3 is 5.97 Å². The molecular formula is C13H16O3. The van der Waals surface area contributed by atoms with E-state index >= 15 is 0 Å². The fourth-order valence-corrected chi connectivity index (χ4v) is 1.21. The Balaban J connectivity index is 2.46. The topological polar surface area (TPSA) is 46.5 Å². The van der Waals surface area contributed by atoms with Crippen molar-refractivity contribution in [3.05, 3.63) is 42.0 Å². The van der Waals surface area contributed by atoms with Gasteiger partial charge in [-0.3, -0.25) is 0 Å². The van der Waals surface area contributed by atoms with Gasteiger partial charge in [-0.25, -0.2) is 4.79 Å². The number of carbonyl (C=O) groups is 1. The second-order valence-electron chi connectivity index (χ2n) is 3.67. The van der Waals surface area contributed by atoms with E-state index in [4.69, 9.17) is 9.84 Å². The van der Waals surface area contributed by atoms with Gasteiger partial charge in [-0.1, -0.05) is 24.3 Å². The lowest BCUT2D eigenvalue weighted by molar-refractivity contribution is -0.132. The first-order chi connectivity index (χ1) is 7.59. The van der Waals surface area contributed by atoms with Gasteiger partial charge in [0.25, 0.3) is 0 Å². The summed E-state index contributed by atoms with van der Waals surface area (Å²) in [6.45, 7) is 3.50. The smallest absolute Gasteiger partial charge is 0.330 e. The predicted molar refractivity (Wildman–Crippen MR) is 62.5 cm³/mol. The quantitative estimate of drug-likeness (QED) is 0.776. The largest absolute Gasteiger partial charge is 0.490 e. The number of carboxylic acid groups (broad SMARTS) is 1. The molecule has 1 aromatic rings. The Kier molecular flexibility index (Phi) is 4.58. The Morgan fingerprint density at radius 3 is 2.62 bits per heavy atom. The Bertz CT molecular complexity index is 368. The van der Waals surface area contributed by atoms with Crippen LogP contribution in [0.2, 0.25) is 0 Å². The highest BCUT2D eigenvalue weighted by molar-refractivity contribution is 5.85. The lowest BCUT2D eigenvalue weighted by Gasteiger charge is -2.12. The monoisotopic (exact) mass is 220 g/mol. The minimum absolute atomic E-state index is 0.0308. The van der Waals surface area contributed by atoms with Gasteiger partial charge in [0.15, 0.2) is 0 Å². The molecule has 0 aliphatic carbocycles. The molecule has 1 N–H and O–H groups in total. The van der Waals surface area contributed by atoms with Crippen LogP contribution >= 0.6 is 0 Å². The molecule has 0 aliphatic heterocycles. The highest BCUT2D eigenvalue weighted by atomic mass is 16.5. The number of ether oxygens (including phenoxy) is 1. The highest BCUT2D eigenvalue weighted by Crippen LogP contribution is 2.12. The van der Waals surface area contributed by atoms with Crippen LogP contribution in [0.4, 0.5) is 0 Å². The third-order valence-corrected chi connectivity index (χ3v) is 2.17. The normalized spacial score (nSPS) is 13.2. The number of benzene rings is 1. The molecule has 1 aromatic carbocycles. The molecule has 0 fully saturated rings. The molecule has 0 heterocycles.